The highest BCUT2D eigenvalue weighted by Crippen LogP contribution is 2.23. The van der Waals surface area contributed by atoms with Crippen molar-refractivity contribution >= 4 is 11.7 Å². The van der Waals surface area contributed by atoms with E-state index in [4.69, 9.17) is 0 Å². The standard InChI is InChI=1S/C19H24N2O2/c1-14(2)16-11-7-8-12-17(16)21-18(22)20-13-19(3,23)15-9-5-4-6-10-15/h4-12,14,23H,13H2,1-3H3,(H2,20,21,22). The molecule has 23 heavy (non-hydrogen) atoms. The van der Waals surface area contributed by atoms with Gasteiger partial charge in [-0.05, 0) is 30.0 Å². The second-order valence-corrected chi connectivity index (χ2v) is 6.19. The van der Waals surface area contributed by atoms with Gasteiger partial charge in [0.1, 0.15) is 5.60 Å². The van der Waals surface area contributed by atoms with E-state index in [9.17, 15) is 9.90 Å². The molecule has 0 spiro atoms. The average molecular weight is 312 g/mol. The summed E-state index contributed by atoms with van der Waals surface area (Å²) in [5.74, 6) is 0.318. The maximum Gasteiger partial charge on any atom is 0.319 e. The number of hydrogen-bond donors (Lipinski definition) is 3. The summed E-state index contributed by atoms with van der Waals surface area (Å²) in [4.78, 5) is 12.1. The molecule has 2 aromatic rings. The van der Waals surface area contributed by atoms with Crippen LogP contribution in [-0.2, 0) is 5.60 Å². The Labute approximate surface area is 137 Å². The van der Waals surface area contributed by atoms with Gasteiger partial charge in [0.15, 0.2) is 0 Å². The van der Waals surface area contributed by atoms with E-state index < -0.39 is 5.60 Å². The molecule has 2 rings (SSSR count). The molecule has 0 saturated heterocycles. The molecule has 0 aliphatic heterocycles. The van der Waals surface area contributed by atoms with E-state index in [1.807, 2.05) is 54.6 Å². The monoisotopic (exact) mass is 312 g/mol. The van der Waals surface area contributed by atoms with Crippen molar-refractivity contribution in [3.05, 3.63) is 65.7 Å². The third-order valence-corrected chi connectivity index (χ3v) is 3.82. The van der Waals surface area contributed by atoms with Gasteiger partial charge in [0.05, 0.1) is 6.54 Å². The van der Waals surface area contributed by atoms with Crippen LogP contribution in [0.5, 0.6) is 0 Å². The van der Waals surface area contributed by atoms with E-state index in [-0.39, 0.29) is 12.6 Å². The fraction of sp³-hybridized carbons (Fsp3) is 0.316. The second-order valence-electron chi connectivity index (χ2n) is 6.19. The maximum atomic E-state index is 12.1. The van der Waals surface area contributed by atoms with Gasteiger partial charge in [-0.3, -0.25) is 0 Å². The first-order valence-electron chi connectivity index (χ1n) is 7.82. The third kappa shape index (κ3) is 4.57. The summed E-state index contributed by atoms with van der Waals surface area (Å²) < 4.78 is 0. The van der Waals surface area contributed by atoms with E-state index in [0.29, 0.717) is 5.92 Å². The van der Waals surface area contributed by atoms with Crippen LogP contribution in [0.3, 0.4) is 0 Å². The fourth-order valence-electron chi connectivity index (χ4n) is 2.43. The SMILES string of the molecule is CC(C)c1ccccc1NC(=O)NCC(C)(O)c1ccccc1. The van der Waals surface area contributed by atoms with E-state index in [2.05, 4.69) is 24.5 Å². The van der Waals surface area contributed by atoms with Crippen LogP contribution in [-0.4, -0.2) is 17.7 Å². The number of amides is 2. The largest absolute Gasteiger partial charge is 0.384 e. The molecule has 0 radical (unpaired) electrons. The Kier molecular flexibility index (Phi) is 5.40. The van der Waals surface area contributed by atoms with Crippen LogP contribution in [0.1, 0.15) is 37.8 Å². The molecule has 0 aromatic heterocycles. The van der Waals surface area contributed by atoms with E-state index in [0.717, 1.165) is 16.8 Å². The number of hydrogen-bond acceptors (Lipinski definition) is 2. The van der Waals surface area contributed by atoms with Crippen LogP contribution in [0.25, 0.3) is 0 Å². The predicted molar refractivity (Wildman–Crippen MR) is 93.6 cm³/mol. The highest BCUT2D eigenvalue weighted by molar-refractivity contribution is 5.90. The lowest BCUT2D eigenvalue weighted by atomic mass is 9.96. The summed E-state index contributed by atoms with van der Waals surface area (Å²) in [6, 6.07) is 16.7. The zero-order valence-corrected chi connectivity index (χ0v) is 13.8. The Morgan fingerprint density at radius 3 is 2.35 bits per heavy atom. The van der Waals surface area contributed by atoms with E-state index in [1.54, 1.807) is 6.92 Å². The van der Waals surface area contributed by atoms with Crippen molar-refractivity contribution in [2.24, 2.45) is 0 Å². The third-order valence-electron chi connectivity index (χ3n) is 3.82. The van der Waals surface area contributed by atoms with E-state index >= 15 is 0 Å². The zero-order valence-electron chi connectivity index (χ0n) is 13.8. The first kappa shape index (κ1) is 17.0. The molecule has 0 aliphatic rings. The van der Waals surface area contributed by atoms with Crippen molar-refractivity contribution in [2.45, 2.75) is 32.3 Å². The number of anilines is 1. The van der Waals surface area contributed by atoms with Gasteiger partial charge in [-0.2, -0.15) is 0 Å². The highest BCUT2D eigenvalue weighted by atomic mass is 16.3. The van der Waals surface area contributed by atoms with Crippen molar-refractivity contribution in [3.8, 4) is 0 Å². The molecular formula is C19H24N2O2. The Morgan fingerprint density at radius 2 is 1.70 bits per heavy atom. The number of urea groups is 1. The number of aliphatic hydroxyl groups is 1. The molecule has 0 fully saturated rings. The molecule has 0 heterocycles. The van der Waals surface area contributed by atoms with Gasteiger partial charge in [0, 0.05) is 5.69 Å². The number of carbonyl (C=O) groups is 1. The Morgan fingerprint density at radius 1 is 1.09 bits per heavy atom. The number of nitrogens with one attached hydrogen (secondary N) is 2. The first-order chi connectivity index (χ1) is 10.9. The van der Waals surface area contributed by atoms with Gasteiger partial charge in [-0.25, -0.2) is 4.79 Å². The summed E-state index contributed by atoms with van der Waals surface area (Å²) in [5, 5.41) is 16.1. The van der Waals surface area contributed by atoms with Crippen molar-refractivity contribution in [1.82, 2.24) is 5.32 Å². The summed E-state index contributed by atoms with van der Waals surface area (Å²) >= 11 is 0. The van der Waals surface area contributed by atoms with Crippen LogP contribution in [0.4, 0.5) is 10.5 Å². The van der Waals surface area contributed by atoms with Crippen molar-refractivity contribution in [1.29, 1.82) is 0 Å². The number of para-hydroxylation sites is 1. The van der Waals surface area contributed by atoms with Gasteiger partial charge in [0.2, 0.25) is 0 Å². The van der Waals surface area contributed by atoms with Crippen LogP contribution >= 0.6 is 0 Å². The normalized spacial score (nSPS) is 13.4. The Hall–Kier alpha value is -2.33. The molecular weight excluding hydrogens is 288 g/mol. The highest BCUT2D eigenvalue weighted by Gasteiger charge is 2.23. The lowest BCUT2D eigenvalue weighted by Gasteiger charge is -2.24. The first-order valence-corrected chi connectivity index (χ1v) is 7.82. The van der Waals surface area contributed by atoms with Crippen molar-refractivity contribution in [2.75, 3.05) is 11.9 Å². The lowest BCUT2D eigenvalue weighted by molar-refractivity contribution is 0.0599. The molecule has 4 heteroatoms. The van der Waals surface area contributed by atoms with Gasteiger partial charge in [-0.1, -0.05) is 62.4 Å². The van der Waals surface area contributed by atoms with Gasteiger partial charge in [-0.15, -0.1) is 0 Å². The van der Waals surface area contributed by atoms with Crippen LogP contribution in [0.15, 0.2) is 54.6 Å². The molecule has 2 aromatic carbocycles. The van der Waals surface area contributed by atoms with Gasteiger partial charge < -0.3 is 15.7 Å². The second kappa shape index (κ2) is 7.29. The molecule has 2 amide bonds. The van der Waals surface area contributed by atoms with Crippen molar-refractivity contribution in [3.63, 3.8) is 0 Å². The van der Waals surface area contributed by atoms with Gasteiger partial charge >= 0.3 is 6.03 Å². The predicted octanol–water partition coefficient (Wildman–Crippen LogP) is 3.84. The molecule has 122 valence electrons. The van der Waals surface area contributed by atoms with Crippen LogP contribution < -0.4 is 10.6 Å². The topological polar surface area (TPSA) is 61.4 Å². The van der Waals surface area contributed by atoms with Crippen LogP contribution in [0.2, 0.25) is 0 Å². The molecule has 0 bridgehead atoms. The molecule has 0 saturated carbocycles. The summed E-state index contributed by atoms with van der Waals surface area (Å²) in [6.07, 6.45) is 0. The Bertz CT molecular complexity index is 651. The maximum absolute atomic E-state index is 12.1. The molecule has 0 aliphatic carbocycles. The molecule has 1 atom stereocenters. The molecule has 4 nitrogen and oxygen atoms in total. The number of benzene rings is 2. The summed E-state index contributed by atoms with van der Waals surface area (Å²) in [5.41, 5.74) is 1.52. The average Bonchev–Trinajstić information content (AvgIpc) is 2.54. The molecule has 1 unspecified atom stereocenters. The minimum atomic E-state index is -1.11. The molecule has 3 N–H and O–H groups in total. The minimum Gasteiger partial charge on any atom is -0.384 e. The van der Waals surface area contributed by atoms with Crippen LogP contribution in [0, 0.1) is 0 Å². The van der Waals surface area contributed by atoms with Crippen molar-refractivity contribution < 1.29 is 9.90 Å². The van der Waals surface area contributed by atoms with E-state index in [1.165, 1.54) is 0 Å². The van der Waals surface area contributed by atoms with Gasteiger partial charge in [0.25, 0.3) is 0 Å². The smallest absolute Gasteiger partial charge is 0.319 e. The summed E-state index contributed by atoms with van der Waals surface area (Å²) in [6.45, 7) is 5.98. The number of carbonyl (C=O) groups excluding carboxylic acids is 1. The Balaban J connectivity index is 1.98. The summed E-state index contributed by atoms with van der Waals surface area (Å²) in [7, 11) is 0. The lowest BCUT2D eigenvalue weighted by Crippen LogP contribution is -2.40. The quantitative estimate of drug-likeness (QED) is 0.785. The fourth-order valence-corrected chi connectivity index (χ4v) is 2.43. The minimum absolute atomic E-state index is 0.132. The zero-order chi connectivity index (χ0) is 16.9. The number of rotatable bonds is 5.